The number of aromatic amines is 1. The molecule has 2 aromatic carbocycles. The third kappa shape index (κ3) is 2.86. The number of para-hydroxylation sites is 1. The van der Waals surface area contributed by atoms with E-state index >= 15 is 0 Å². The number of aromatic carboxylic acids is 1. The van der Waals surface area contributed by atoms with Gasteiger partial charge in [-0.15, -0.1) is 0 Å². The van der Waals surface area contributed by atoms with Crippen LogP contribution >= 0.6 is 0 Å². The van der Waals surface area contributed by atoms with Crippen LogP contribution in [-0.2, 0) is 0 Å². The molecular formula is C17H15N3O6. The van der Waals surface area contributed by atoms with Crippen LogP contribution in [0.3, 0.4) is 0 Å². The van der Waals surface area contributed by atoms with Crippen LogP contribution in [0.1, 0.15) is 10.5 Å². The number of nitrogens with zero attached hydrogens (tertiary/aromatic N) is 1. The van der Waals surface area contributed by atoms with Gasteiger partial charge in [0.05, 0.1) is 24.8 Å². The van der Waals surface area contributed by atoms with Crippen LogP contribution in [0.15, 0.2) is 36.4 Å². The maximum Gasteiger partial charge on any atom is 0.352 e. The van der Waals surface area contributed by atoms with E-state index in [0.717, 1.165) is 0 Å². The molecule has 26 heavy (non-hydrogen) atoms. The standard InChI is InChI=1S/C17H15N3O6/c1-25-14-5-3-4-11(16(14)26-2)18-10-6-7-13(20(23)24)15-9(10)8-12(19-15)17(21)22/h3-8,18-19H,1-2H3,(H,21,22). The SMILES string of the molecule is COc1cccc(Nc2ccc([N+](=O)[O-])c3[nH]c(C(=O)O)cc23)c1OC. The molecule has 0 aliphatic carbocycles. The summed E-state index contributed by atoms with van der Waals surface area (Å²) in [5, 5.41) is 23.9. The molecule has 0 radical (unpaired) electrons. The summed E-state index contributed by atoms with van der Waals surface area (Å²) in [6.45, 7) is 0. The first kappa shape index (κ1) is 17.1. The van der Waals surface area contributed by atoms with Crippen molar-refractivity contribution in [2.45, 2.75) is 0 Å². The summed E-state index contributed by atoms with van der Waals surface area (Å²) in [4.78, 5) is 24.5. The quantitative estimate of drug-likeness (QED) is 0.455. The van der Waals surface area contributed by atoms with Crippen molar-refractivity contribution in [1.82, 2.24) is 4.98 Å². The van der Waals surface area contributed by atoms with Crippen LogP contribution in [-0.4, -0.2) is 35.2 Å². The summed E-state index contributed by atoms with van der Waals surface area (Å²) >= 11 is 0. The Balaban J connectivity index is 2.16. The number of ether oxygens (including phenoxy) is 2. The second-order valence-electron chi connectivity index (χ2n) is 5.33. The number of nitro groups is 1. The molecular weight excluding hydrogens is 342 g/mol. The lowest BCUT2D eigenvalue weighted by atomic mass is 10.1. The van der Waals surface area contributed by atoms with Crippen molar-refractivity contribution in [3.8, 4) is 11.5 Å². The minimum atomic E-state index is -1.21. The Morgan fingerprint density at radius 3 is 2.58 bits per heavy atom. The Morgan fingerprint density at radius 1 is 1.19 bits per heavy atom. The number of non-ortho nitro benzene ring substituents is 1. The highest BCUT2D eigenvalue weighted by molar-refractivity contribution is 6.04. The van der Waals surface area contributed by atoms with E-state index in [0.29, 0.717) is 28.3 Å². The average Bonchev–Trinajstić information content (AvgIpc) is 3.07. The van der Waals surface area contributed by atoms with Crippen molar-refractivity contribution in [2.75, 3.05) is 19.5 Å². The van der Waals surface area contributed by atoms with Crippen molar-refractivity contribution in [2.24, 2.45) is 0 Å². The van der Waals surface area contributed by atoms with Crippen LogP contribution in [0, 0.1) is 10.1 Å². The topological polar surface area (TPSA) is 127 Å². The van der Waals surface area contributed by atoms with Gasteiger partial charge in [0.15, 0.2) is 11.5 Å². The predicted octanol–water partition coefficient (Wildman–Crippen LogP) is 3.54. The summed E-state index contributed by atoms with van der Waals surface area (Å²) in [7, 11) is 3.00. The molecule has 0 fully saturated rings. The lowest BCUT2D eigenvalue weighted by molar-refractivity contribution is -0.383. The number of hydrogen-bond donors (Lipinski definition) is 3. The van der Waals surface area contributed by atoms with E-state index in [4.69, 9.17) is 9.47 Å². The van der Waals surface area contributed by atoms with E-state index in [2.05, 4.69) is 10.3 Å². The van der Waals surface area contributed by atoms with Gasteiger partial charge in [-0.3, -0.25) is 10.1 Å². The molecule has 1 heterocycles. The number of carboxylic acid groups (broad SMARTS) is 1. The molecule has 0 unspecified atom stereocenters. The molecule has 0 aliphatic rings. The summed E-state index contributed by atoms with van der Waals surface area (Å²) in [5.74, 6) is -0.244. The fourth-order valence-corrected chi connectivity index (χ4v) is 2.71. The number of nitrogens with one attached hydrogen (secondary N) is 2. The van der Waals surface area contributed by atoms with Gasteiger partial charge in [0.1, 0.15) is 11.2 Å². The van der Waals surface area contributed by atoms with Gasteiger partial charge >= 0.3 is 5.97 Å². The Kier molecular flexibility index (Phi) is 4.36. The number of anilines is 2. The van der Waals surface area contributed by atoms with Crippen LogP contribution in [0.4, 0.5) is 17.1 Å². The van der Waals surface area contributed by atoms with Crippen molar-refractivity contribution < 1.29 is 24.3 Å². The number of nitro benzene ring substituents is 1. The van der Waals surface area contributed by atoms with Gasteiger partial charge in [0.25, 0.3) is 5.69 Å². The van der Waals surface area contributed by atoms with E-state index in [1.807, 2.05) is 0 Å². The molecule has 0 bridgehead atoms. The maximum atomic E-state index is 11.2. The zero-order valence-corrected chi connectivity index (χ0v) is 13.9. The Bertz CT molecular complexity index is 1010. The number of fused-ring (bicyclic) bond motifs is 1. The van der Waals surface area contributed by atoms with Gasteiger partial charge in [-0.05, 0) is 24.3 Å². The summed E-state index contributed by atoms with van der Waals surface area (Å²) in [6, 6.07) is 9.40. The number of carbonyl (C=O) groups is 1. The van der Waals surface area contributed by atoms with Gasteiger partial charge in [-0.25, -0.2) is 4.79 Å². The number of H-pyrrole nitrogens is 1. The highest BCUT2D eigenvalue weighted by atomic mass is 16.6. The van der Waals surface area contributed by atoms with Crippen molar-refractivity contribution >= 4 is 33.9 Å². The number of rotatable bonds is 6. The summed E-state index contributed by atoms with van der Waals surface area (Å²) in [5.41, 5.74) is 0.825. The first-order chi connectivity index (χ1) is 12.5. The van der Waals surface area contributed by atoms with E-state index in [1.54, 1.807) is 18.2 Å². The van der Waals surface area contributed by atoms with Crippen LogP contribution < -0.4 is 14.8 Å². The molecule has 134 valence electrons. The van der Waals surface area contributed by atoms with Gasteiger partial charge in [0.2, 0.25) is 0 Å². The molecule has 0 saturated carbocycles. The van der Waals surface area contributed by atoms with Gasteiger partial charge in [-0.2, -0.15) is 0 Å². The van der Waals surface area contributed by atoms with Crippen molar-refractivity contribution in [3.05, 3.63) is 52.2 Å². The Labute approximate surface area is 147 Å². The normalized spacial score (nSPS) is 10.5. The van der Waals surface area contributed by atoms with Gasteiger partial charge in [-0.1, -0.05) is 6.07 Å². The van der Waals surface area contributed by atoms with Crippen LogP contribution in [0.2, 0.25) is 0 Å². The fraction of sp³-hybridized carbons (Fsp3) is 0.118. The van der Waals surface area contributed by atoms with Crippen molar-refractivity contribution in [3.63, 3.8) is 0 Å². The number of hydrogen-bond acceptors (Lipinski definition) is 6. The lowest BCUT2D eigenvalue weighted by Gasteiger charge is -2.14. The smallest absolute Gasteiger partial charge is 0.352 e. The zero-order valence-electron chi connectivity index (χ0n) is 13.9. The zero-order chi connectivity index (χ0) is 18.8. The molecule has 3 N–H and O–H groups in total. The minimum absolute atomic E-state index is 0.124. The monoisotopic (exact) mass is 357 g/mol. The van der Waals surface area contributed by atoms with Crippen molar-refractivity contribution in [1.29, 1.82) is 0 Å². The molecule has 0 amide bonds. The highest BCUT2D eigenvalue weighted by Gasteiger charge is 2.20. The first-order valence-corrected chi connectivity index (χ1v) is 7.47. The molecule has 0 aliphatic heterocycles. The number of benzene rings is 2. The molecule has 3 rings (SSSR count). The molecule has 9 heteroatoms. The second-order valence-corrected chi connectivity index (χ2v) is 5.33. The molecule has 1 aromatic heterocycles. The minimum Gasteiger partial charge on any atom is -0.493 e. The van der Waals surface area contributed by atoms with Crippen LogP contribution in [0.25, 0.3) is 10.9 Å². The molecule has 3 aromatic rings. The molecule has 0 saturated heterocycles. The highest BCUT2D eigenvalue weighted by Crippen LogP contribution is 2.39. The Hall–Kier alpha value is -3.75. The molecule has 9 nitrogen and oxygen atoms in total. The lowest BCUT2D eigenvalue weighted by Crippen LogP contribution is -1.98. The largest absolute Gasteiger partial charge is 0.493 e. The van der Waals surface area contributed by atoms with E-state index in [-0.39, 0.29) is 16.9 Å². The molecule has 0 atom stereocenters. The number of carboxylic acids is 1. The number of aromatic nitrogens is 1. The van der Waals surface area contributed by atoms with E-state index < -0.39 is 10.9 Å². The third-order valence-corrected chi connectivity index (χ3v) is 3.87. The second kappa shape index (κ2) is 6.63. The van der Waals surface area contributed by atoms with Crippen LogP contribution in [0.5, 0.6) is 11.5 Å². The Morgan fingerprint density at radius 2 is 1.96 bits per heavy atom. The predicted molar refractivity (Wildman–Crippen MR) is 94.7 cm³/mol. The van der Waals surface area contributed by atoms with Gasteiger partial charge < -0.3 is 24.9 Å². The average molecular weight is 357 g/mol. The number of methoxy groups -OCH3 is 2. The summed E-state index contributed by atoms with van der Waals surface area (Å²) < 4.78 is 10.6. The third-order valence-electron chi connectivity index (χ3n) is 3.87. The first-order valence-electron chi connectivity index (χ1n) is 7.47. The maximum absolute atomic E-state index is 11.2. The van der Waals surface area contributed by atoms with Gasteiger partial charge in [0, 0.05) is 17.1 Å². The van der Waals surface area contributed by atoms with E-state index in [9.17, 15) is 20.0 Å². The molecule has 0 spiro atoms. The van der Waals surface area contributed by atoms with E-state index in [1.165, 1.54) is 32.4 Å². The fourth-order valence-electron chi connectivity index (χ4n) is 2.71. The summed E-state index contributed by atoms with van der Waals surface area (Å²) in [6.07, 6.45) is 0.